The van der Waals surface area contributed by atoms with Gasteiger partial charge in [0.25, 0.3) is 0 Å². The van der Waals surface area contributed by atoms with E-state index in [2.05, 4.69) is 4.98 Å². The number of hydrogen-bond donors (Lipinski definition) is 1. The Morgan fingerprint density at radius 1 is 1.29 bits per heavy atom. The minimum absolute atomic E-state index is 0.116. The summed E-state index contributed by atoms with van der Waals surface area (Å²) in [7, 11) is 0. The number of nitrogen functional groups attached to an aromatic ring is 1. The molecule has 2 N–H and O–H groups in total. The van der Waals surface area contributed by atoms with E-state index >= 15 is 0 Å². The molecule has 1 aromatic carbocycles. The highest BCUT2D eigenvalue weighted by Crippen LogP contribution is 2.26. The second-order valence-electron chi connectivity index (χ2n) is 3.08. The van der Waals surface area contributed by atoms with Crippen molar-refractivity contribution < 1.29 is 8.78 Å². The van der Waals surface area contributed by atoms with Crippen LogP contribution in [0.1, 0.15) is 5.56 Å². The number of halogens is 2. The zero-order chi connectivity index (χ0) is 10.3. The van der Waals surface area contributed by atoms with Crippen molar-refractivity contribution in [2.75, 3.05) is 5.73 Å². The van der Waals surface area contributed by atoms with E-state index in [1.807, 2.05) is 0 Å². The van der Waals surface area contributed by atoms with E-state index in [1.54, 1.807) is 0 Å². The van der Waals surface area contributed by atoms with Crippen LogP contribution in [0.15, 0.2) is 18.2 Å². The van der Waals surface area contributed by atoms with Gasteiger partial charge < -0.3 is 5.73 Å². The van der Waals surface area contributed by atoms with Crippen LogP contribution >= 0.6 is 0 Å². The summed E-state index contributed by atoms with van der Waals surface area (Å²) in [6.07, 6.45) is 0. The molecule has 0 spiro atoms. The van der Waals surface area contributed by atoms with Crippen molar-refractivity contribution >= 4 is 16.6 Å². The van der Waals surface area contributed by atoms with E-state index in [4.69, 9.17) is 5.73 Å². The molecule has 0 atom stereocenters. The summed E-state index contributed by atoms with van der Waals surface area (Å²) in [5.74, 6) is -1.13. The Kier molecular flexibility index (Phi) is 1.84. The summed E-state index contributed by atoms with van der Waals surface area (Å²) in [6, 6.07) is 4.27. The van der Waals surface area contributed by atoms with Crippen molar-refractivity contribution in [2.45, 2.75) is 6.92 Å². The third-order valence-corrected chi connectivity index (χ3v) is 2.19. The van der Waals surface area contributed by atoms with Crippen molar-refractivity contribution in [3.8, 4) is 0 Å². The molecule has 0 saturated carbocycles. The van der Waals surface area contributed by atoms with Gasteiger partial charge in [0.05, 0.1) is 16.6 Å². The summed E-state index contributed by atoms with van der Waals surface area (Å²) in [6.45, 7) is 1.48. The highest BCUT2D eigenvalue weighted by Gasteiger charge is 2.11. The van der Waals surface area contributed by atoms with Gasteiger partial charge in [-0.1, -0.05) is 6.07 Å². The second kappa shape index (κ2) is 2.90. The number of pyridine rings is 1. The average Bonchev–Trinajstić information content (AvgIpc) is 2.14. The average molecular weight is 194 g/mol. The molecule has 0 bridgehead atoms. The number of benzene rings is 1. The van der Waals surface area contributed by atoms with Crippen molar-refractivity contribution in [3.63, 3.8) is 0 Å². The molecule has 0 aliphatic carbocycles. The van der Waals surface area contributed by atoms with Crippen LogP contribution in [0.4, 0.5) is 14.5 Å². The van der Waals surface area contributed by atoms with E-state index in [-0.39, 0.29) is 22.2 Å². The van der Waals surface area contributed by atoms with Gasteiger partial charge in [-0.2, -0.15) is 4.39 Å². The number of rotatable bonds is 0. The molecule has 2 nitrogen and oxygen atoms in total. The van der Waals surface area contributed by atoms with Gasteiger partial charge in [0.15, 0.2) is 0 Å². The van der Waals surface area contributed by atoms with Gasteiger partial charge in [-0.25, -0.2) is 9.37 Å². The lowest BCUT2D eigenvalue weighted by molar-refractivity contribution is 0.579. The molecule has 0 saturated heterocycles. The Hall–Kier alpha value is -1.71. The Balaban J connectivity index is 2.99. The van der Waals surface area contributed by atoms with Crippen LogP contribution in [0.25, 0.3) is 10.9 Å². The molecule has 0 aliphatic rings. The largest absolute Gasteiger partial charge is 0.398 e. The van der Waals surface area contributed by atoms with Crippen molar-refractivity contribution in [1.29, 1.82) is 0 Å². The lowest BCUT2D eigenvalue weighted by Crippen LogP contribution is -1.99. The fraction of sp³-hybridized carbons (Fsp3) is 0.100. The summed E-state index contributed by atoms with van der Waals surface area (Å²) in [5, 5.41) is 0.186. The smallest absolute Gasteiger partial charge is 0.218 e. The molecule has 0 aliphatic heterocycles. The predicted molar refractivity (Wildman–Crippen MR) is 50.8 cm³/mol. The minimum atomic E-state index is -0.652. The molecule has 0 radical (unpaired) electrons. The zero-order valence-corrected chi connectivity index (χ0v) is 7.51. The third-order valence-electron chi connectivity index (χ3n) is 2.19. The maximum atomic E-state index is 13.3. The van der Waals surface area contributed by atoms with Crippen molar-refractivity contribution in [3.05, 3.63) is 35.5 Å². The Morgan fingerprint density at radius 2 is 2.00 bits per heavy atom. The molecule has 72 valence electrons. The quantitative estimate of drug-likeness (QED) is 0.654. The van der Waals surface area contributed by atoms with Crippen LogP contribution < -0.4 is 5.73 Å². The first-order valence-electron chi connectivity index (χ1n) is 4.11. The molecule has 2 aromatic rings. The van der Waals surface area contributed by atoms with E-state index < -0.39 is 11.8 Å². The first kappa shape index (κ1) is 8.87. The standard InChI is InChI=1S/C10H8F2N2/c1-5-9(13)8-6(11)3-2-4-7(8)14-10(5)12/h2-4H,1H3,(H2,13,14). The highest BCUT2D eigenvalue weighted by molar-refractivity contribution is 5.91. The number of aromatic nitrogens is 1. The van der Waals surface area contributed by atoms with Crippen LogP contribution in [0.2, 0.25) is 0 Å². The molecule has 2 rings (SSSR count). The van der Waals surface area contributed by atoms with Crippen LogP contribution in [-0.2, 0) is 0 Å². The summed E-state index contributed by atoms with van der Waals surface area (Å²) >= 11 is 0. The van der Waals surface area contributed by atoms with E-state index in [9.17, 15) is 8.78 Å². The molecule has 0 unspecified atom stereocenters. The molecule has 4 heteroatoms. The molecular weight excluding hydrogens is 186 g/mol. The molecule has 0 amide bonds. The lowest BCUT2D eigenvalue weighted by Gasteiger charge is -2.06. The molecule has 1 aromatic heterocycles. The van der Waals surface area contributed by atoms with Gasteiger partial charge in [0.2, 0.25) is 5.95 Å². The molecule has 0 fully saturated rings. The van der Waals surface area contributed by atoms with Gasteiger partial charge in [0.1, 0.15) is 5.82 Å². The number of nitrogens with two attached hydrogens (primary N) is 1. The van der Waals surface area contributed by atoms with Crippen LogP contribution in [0.5, 0.6) is 0 Å². The third kappa shape index (κ3) is 1.11. The second-order valence-corrected chi connectivity index (χ2v) is 3.08. The highest BCUT2D eigenvalue weighted by atomic mass is 19.1. The monoisotopic (exact) mass is 194 g/mol. The topological polar surface area (TPSA) is 38.9 Å². The summed E-state index contributed by atoms with van der Waals surface area (Å²) in [4.78, 5) is 3.61. The molecule has 14 heavy (non-hydrogen) atoms. The number of nitrogens with zero attached hydrogens (tertiary/aromatic N) is 1. The zero-order valence-electron chi connectivity index (χ0n) is 7.51. The lowest BCUT2D eigenvalue weighted by atomic mass is 10.1. The van der Waals surface area contributed by atoms with Gasteiger partial charge in [-0.3, -0.25) is 0 Å². The van der Waals surface area contributed by atoms with Gasteiger partial charge >= 0.3 is 0 Å². The van der Waals surface area contributed by atoms with E-state index in [0.29, 0.717) is 0 Å². The maximum absolute atomic E-state index is 13.3. The Labute approximate surface area is 79.4 Å². The Bertz CT molecular complexity index is 509. The minimum Gasteiger partial charge on any atom is -0.398 e. The SMILES string of the molecule is Cc1c(F)nc2cccc(F)c2c1N. The predicted octanol–water partition coefficient (Wildman–Crippen LogP) is 2.40. The first-order chi connectivity index (χ1) is 6.61. The van der Waals surface area contributed by atoms with E-state index in [1.165, 1.54) is 25.1 Å². The van der Waals surface area contributed by atoms with Gasteiger partial charge in [-0.15, -0.1) is 0 Å². The molecule has 1 heterocycles. The Morgan fingerprint density at radius 3 is 2.71 bits per heavy atom. The normalized spacial score (nSPS) is 10.8. The van der Waals surface area contributed by atoms with Crippen LogP contribution in [-0.4, -0.2) is 4.98 Å². The fourth-order valence-electron chi connectivity index (χ4n) is 1.36. The summed E-state index contributed by atoms with van der Waals surface area (Å²) < 4.78 is 26.4. The van der Waals surface area contributed by atoms with Crippen LogP contribution in [0, 0.1) is 18.7 Å². The van der Waals surface area contributed by atoms with Crippen molar-refractivity contribution in [1.82, 2.24) is 4.98 Å². The number of anilines is 1. The van der Waals surface area contributed by atoms with E-state index in [0.717, 1.165) is 0 Å². The van der Waals surface area contributed by atoms with Crippen molar-refractivity contribution in [2.24, 2.45) is 0 Å². The fourth-order valence-corrected chi connectivity index (χ4v) is 1.36. The van der Waals surface area contributed by atoms with Crippen LogP contribution in [0.3, 0.4) is 0 Å². The van der Waals surface area contributed by atoms with Gasteiger partial charge in [-0.05, 0) is 19.1 Å². The van der Waals surface area contributed by atoms with Gasteiger partial charge in [0, 0.05) is 5.56 Å². The first-order valence-corrected chi connectivity index (χ1v) is 4.11. The maximum Gasteiger partial charge on any atom is 0.218 e. The number of fused-ring (bicyclic) bond motifs is 1. The molecular formula is C10H8F2N2. The summed E-state index contributed by atoms with van der Waals surface area (Å²) in [5.41, 5.74) is 6.14. The number of hydrogen-bond acceptors (Lipinski definition) is 2.